The highest BCUT2D eigenvalue weighted by Crippen LogP contribution is 2.18. The van der Waals surface area contributed by atoms with Gasteiger partial charge in [0.25, 0.3) is 0 Å². The van der Waals surface area contributed by atoms with Crippen molar-refractivity contribution in [3.05, 3.63) is 54.1 Å². The van der Waals surface area contributed by atoms with Crippen LogP contribution in [0.4, 0.5) is 11.4 Å². The van der Waals surface area contributed by atoms with Crippen molar-refractivity contribution in [2.75, 3.05) is 30.8 Å². The Balaban J connectivity index is 1.80. The summed E-state index contributed by atoms with van der Waals surface area (Å²) < 4.78 is 5.66. The zero-order chi connectivity index (χ0) is 15.1. The van der Waals surface area contributed by atoms with E-state index in [1.807, 2.05) is 55.6 Å². The third-order valence-electron chi connectivity index (χ3n) is 3.22. The minimum absolute atomic E-state index is 0.628. The predicted octanol–water partition coefficient (Wildman–Crippen LogP) is 3.05. The van der Waals surface area contributed by atoms with E-state index in [4.69, 9.17) is 15.7 Å². The van der Waals surface area contributed by atoms with Crippen LogP contribution in [0.3, 0.4) is 0 Å². The van der Waals surface area contributed by atoms with E-state index in [1.165, 1.54) is 0 Å². The molecule has 21 heavy (non-hydrogen) atoms. The van der Waals surface area contributed by atoms with Gasteiger partial charge in [-0.3, -0.25) is 0 Å². The molecular formula is C17H19N3O. The van der Waals surface area contributed by atoms with E-state index >= 15 is 0 Å². The standard InChI is InChI=1S/C17H19N3O/c1-20(17-6-3-2-5-14(17)13-18)11-4-12-21-16-9-7-15(19)8-10-16/h2-3,5-10H,4,11-12,19H2,1H3. The Morgan fingerprint density at radius 2 is 1.86 bits per heavy atom. The van der Waals surface area contributed by atoms with E-state index < -0.39 is 0 Å². The summed E-state index contributed by atoms with van der Waals surface area (Å²) in [7, 11) is 1.99. The number of nitrogens with zero attached hydrogens (tertiary/aromatic N) is 2. The molecule has 0 amide bonds. The smallest absolute Gasteiger partial charge is 0.119 e. The Labute approximate surface area is 125 Å². The summed E-state index contributed by atoms with van der Waals surface area (Å²) in [5.41, 5.74) is 8.00. The summed E-state index contributed by atoms with van der Waals surface area (Å²) in [5.74, 6) is 0.823. The van der Waals surface area contributed by atoms with E-state index in [-0.39, 0.29) is 0 Å². The van der Waals surface area contributed by atoms with Crippen molar-refractivity contribution in [1.29, 1.82) is 5.26 Å². The first-order valence-electron chi connectivity index (χ1n) is 6.89. The van der Waals surface area contributed by atoms with Gasteiger partial charge >= 0.3 is 0 Å². The molecule has 0 unspecified atom stereocenters. The fourth-order valence-corrected chi connectivity index (χ4v) is 2.08. The molecule has 0 radical (unpaired) electrons. The highest BCUT2D eigenvalue weighted by molar-refractivity contribution is 5.58. The molecule has 0 aliphatic heterocycles. The van der Waals surface area contributed by atoms with Gasteiger partial charge in [-0.2, -0.15) is 5.26 Å². The summed E-state index contributed by atoms with van der Waals surface area (Å²) in [6.07, 6.45) is 0.876. The van der Waals surface area contributed by atoms with Crippen molar-refractivity contribution >= 4 is 11.4 Å². The van der Waals surface area contributed by atoms with Crippen LogP contribution in [0, 0.1) is 11.3 Å². The van der Waals surface area contributed by atoms with Crippen LogP contribution in [0.1, 0.15) is 12.0 Å². The molecule has 108 valence electrons. The number of para-hydroxylation sites is 1. The largest absolute Gasteiger partial charge is 0.494 e. The molecule has 2 N–H and O–H groups in total. The zero-order valence-electron chi connectivity index (χ0n) is 12.1. The first kappa shape index (κ1) is 14.7. The average Bonchev–Trinajstić information content (AvgIpc) is 2.53. The molecule has 0 saturated heterocycles. The number of hydrogen-bond acceptors (Lipinski definition) is 4. The normalized spacial score (nSPS) is 9.90. The van der Waals surface area contributed by atoms with Gasteiger partial charge in [0.2, 0.25) is 0 Å². The minimum Gasteiger partial charge on any atom is -0.494 e. The van der Waals surface area contributed by atoms with Crippen LogP contribution in [-0.4, -0.2) is 20.2 Å². The molecule has 0 heterocycles. The second-order valence-electron chi connectivity index (χ2n) is 4.82. The van der Waals surface area contributed by atoms with E-state index in [9.17, 15) is 0 Å². The number of nitrogen functional groups attached to an aromatic ring is 1. The van der Waals surface area contributed by atoms with Gasteiger partial charge in [-0.05, 0) is 42.8 Å². The van der Waals surface area contributed by atoms with Crippen molar-refractivity contribution in [2.24, 2.45) is 0 Å². The minimum atomic E-state index is 0.628. The molecular weight excluding hydrogens is 262 g/mol. The first-order chi connectivity index (χ1) is 10.2. The first-order valence-corrected chi connectivity index (χ1v) is 6.89. The summed E-state index contributed by atoms with van der Waals surface area (Å²) in [6, 6.07) is 17.2. The van der Waals surface area contributed by atoms with E-state index in [0.717, 1.165) is 30.1 Å². The molecule has 2 rings (SSSR count). The van der Waals surface area contributed by atoms with Gasteiger partial charge in [0, 0.05) is 19.3 Å². The highest BCUT2D eigenvalue weighted by Gasteiger charge is 2.05. The van der Waals surface area contributed by atoms with Crippen LogP contribution < -0.4 is 15.4 Å². The topological polar surface area (TPSA) is 62.3 Å². The lowest BCUT2D eigenvalue weighted by atomic mass is 10.2. The molecule has 0 atom stereocenters. The van der Waals surface area contributed by atoms with Crippen LogP contribution in [0.15, 0.2) is 48.5 Å². The Kier molecular flexibility index (Phi) is 5.05. The Morgan fingerprint density at radius 1 is 1.14 bits per heavy atom. The maximum Gasteiger partial charge on any atom is 0.119 e. The third-order valence-corrected chi connectivity index (χ3v) is 3.22. The maximum absolute atomic E-state index is 9.10. The molecule has 0 bridgehead atoms. The number of hydrogen-bond donors (Lipinski definition) is 1. The molecule has 0 aliphatic carbocycles. The van der Waals surface area contributed by atoms with E-state index in [2.05, 4.69) is 11.0 Å². The third kappa shape index (κ3) is 4.15. The van der Waals surface area contributed by atoms with Crippen LogP contribution in [0.5, 0.6) is 5.75 Å². The number of nitriles is 1. The lowest BCUT2D eigenvalue weighted by molar-refractivity contribution is 0.312. The maximum atomic E-state index is 9.10. The fraction of sp³-hybridized carbons (Fsp3) is 0.235. The number of ether oxygens (including phenoxy) is 1. The predicted molar refractivity (Wildman–Crippen MR) is 85.4 cm³/mol. The summed E-state index contributed by atoms with van der Waals surface area (Å²) >= 11 is 0. The van der Waals surface area contributed by atoms with Gasteiger partial charge < -0.3 is 15.4 Å². The molecule has 0 aromatic heterocycles. The fourth-order valence-electron chi connectivity index (χ4n) is 2.08. The number of nitrogens with two attached hydrogens (primary N) is 1. The van der Waals surface area contributed by atoms with Gasteiger partial charge in [0.05, 0.1) is 17.9 Å². The highest BCUT2D eigenvalue weighted by atomic mass is 16.5. The Morgan fingerprint density at radius 3 is 2.57 bits per heavy atom. The second-order valence-corrected chi connectivity index (χ2v) is 4.82. The Bertz CT molecular complexity index is 617. The van der Waals surface area contributed by atoms with Crippen molar-refractivity contribution in [3.63, 3.8) is 0 Å². The van der Waals surface area contributed by atoms with E-state index in [0.29, 0.717) is 12.2 Å². The summed E-state index contributed by atoms with van der Waals surface area (Å²) in [5, 5.41) is 9.10. The van der Waals surface area contributed by atoms with Crippen molar-refractivity contribution < 1.29 is 4.74 Å². The lowest BCUT2D eigenvalue weighted by Crippen LogP contribution is -2.21. The van der Waals surface area contributed by atoms with Crippen LogP contribution in [0.2, 0.25) is 0 Å². The number of rotatable bonds is 6. The molecule has 0 fully saturated rings. The molecule has 0 aliphatic rings. The summed E-state index contributed by atoms with van der Waals surface area (Å²) in [6.45, 7) is 1.46. The van der Waals surface area contributed by atoms with Crippen molar-refractivity contribution in [1.82, 2.24) is 0 Å². The van der Waals surface area contributed by atoms with Crippen molar-refractivity contribution in [2.45, 2.75) is 6.42 Å². The van der Waals surface area contributed by atoms with Gasteiger partial charge in [-0.15, -0.1) is 0 Å². The molecule has 4 nitrogen and oxygen atoms in total. The molecule has 4 heteroatoms. The zero-order valence-corrected chi connectivity index (χ0v) is 12.1. The Hall–Kier alpha value is -2.67. The quantitative estimate of drug-likeness (QED) is 0.653. The molecule has 0 spiro atoms. The molecule has 0 saturated carbocycles. The van der Waals surface area contributed by atoms with Gasteiger partial charge in [0.1, 0.15) is 11.8 Å². The second kappa shape index (κ2) is 7.20. The van der Waals surface area contributed by atoms with Crippen LogP contribution in [0.25, 0.3) is 0 Å². The van der Waals surface area contributed by atoms with Gasteiger partial charge in [0.15, 0.2) is 0 Å². The van der Waals surface area contributed by atoms with Gasteiger partial charge in [-0.1, -0.05) is 12.1 Å². The number of benzene rings is 2. The molecule has 2 aromatic carbocycles. The molecule has 2 aromatic rings. The number of anilines is 2. The summed E-state index contributed by atoms with van der Waals surface area (Å²) in [4.78, 5) is 2.07. The average molecular weight is 281 g/mol. The monoisotopic (exact) mass is 281 g/mol. The SMILES string of the molecule is CN(CCCOc1ccc(N)cc1)c1ccccc1C#N. The van der Waals surface area contributed by atoms with Crippen LogP contribution >= 0.6 is 0 Å². The van der Waals surface area contributed by atoms with Crippen LogP contribution in [-0.2, 0) is 0 Å². The van der Waals surface area contributed by atoms with E-state index in [1.54, 1.807) is 0 Å². The van der Waals surface area contributed by atoms with Gasteiger partial charge in [-0.25, -0.2) is 0 Å². The van der Waals surface area contributed by atoms with Crippen molar-refractivity contribution in [3.8, 4) is 11.8 Å². The lowest BCUT2D eigenvalue weighted by Gasteiger charge is -2.20.